The van der Waals surface area contributed by atoms with Gasteiger partial charge < -0.3 is 9.84 Å². The highest BCUT2D eigenvalue weighted by Crippen LogP contribution is 2.11. The molecule has 0 aromatic heterocycles. The third-order valence-electron chi connectivity index (χ3n) is 2.65. The minimum Gasteiger partial charge on any atom is -0.494 e. The Labute approximate surface area is 106 Å². The van der Waals surface area contributed by atoms with E-state index < -0.39 is 0 Å². The summed E-state index contributed by atoms with van der Waals surface area (Å²) in [4.78, 5) is 0. The van der Waals surface area contributed by atoms with E-state index in [1.807, 2.05) is 26.0 Å². The smallest absolute Gasteiger partial charge is 0.119 e. The van der Waals surface area contributed by atoms with Gasteiger partial charge in [0, 0.05) is 6.61 Å². The fourth-order valence-electron chi connectivity index (χ4n) is 1.12. The number of rotatable bonds is 5. The minimum atomic E-state index is 0.330. The molecular weight excluding hydrogens is 212 g/mol. The predicted molar refractivity (Wildman–Crippen MR) is 73.5 cm³/mol. The Balaban J connectivity index is 0.000000366. The van der Waals surface area contributed by atoms with Gasteiger partial charge in [-0.1, -0.05) is 39.3 Å². The molecule has 1 aromatic rings. The van der Waals surface area contributed by atoms with Crippen LogP contribution >= 0.6 is 0 Å². The van der Waals surface area contributed by atoms with Crippen molar-refractivity contribution in [1.29, 1.82) is 0 Å². The van der Waals surface area contributed by atoms with Crippen LogP contribution in [-0.4, -0.2) is 18.3 Å². The molecule has 0 fully saturated rings. The third-order valence-corrected chi connectivity index (χ3v) is 2.65. The van der Waals surface area contributed by atoms with Crippen molar-refractivity contribution in [3.8, 4) is 5.75 Å². The van der Waals surface area contributed by atoms with Crippen molar-refractivity contribution in [3.05, 3.63) is 29.8 Å². The van der Waals surface area contributed by atoms with Gasteiger partial charge in [0.1, 0.15) is 5.75 Å². The molecule has 0 aliphatic rings. The summed E-state index contributed by atoms with van der Waals surface area (Å²) in [6, 6.07) is 8.24. The van der Waals surface area contributed by atoms with Gasteiger partial charge >= 0.3 is 0 Å². The van der Waals surface area contributed by atoms with Crippen molar-refractivity contribution in [2.45, 2.75) is 40.5 Å². The molecule has 0 radical (unpaired) electrons. The molecule has 0 saturated heterocycles. The number of ether oxygens (including phenoxy) is 1. The summed E-state index contributed by atoms with van der Waals surface area (Å²) in [5.41, 5.74) is 1.36. The monoisotopic (exact) mass is 238 g/mol. The first-order valence-electron chi connectivity index (χ1n) is 6.50. The van der Waals surface area contributed by atoms with Gasteiger partial charge in [0.2, 0.25) is 0 Å². The molecule has 98 valence electrons. The maximum absolute atomic E-state index is 8.33. The Morgan fingerprint density at radius 1 is 1.12 bits per heavy atom. The summed E-state index contributed by atoms with van der Waals surface area (Å²) in [6.45, 7) is 9.31. The number of aryl methyl sites for hydroxylation is 1. The predicted octanol–water partition coefficient (Wildman–Crippen LogP) is 3.67. The number of hydrogen-bond donors (Lipinski definition) is 1. The van der Waals surface area contributed by atoms with Crippen LogP contribution < -0.4 is 4.74 Å². The summed E-state index contributed by atoms with van der Waals surface area (Å²) in [5.74, 6) is 1.45. The van der Waals surface area contributed by atoms with Crippen LogP contribution in [0.5, 0.6) is 5.75 Å². The highest BCUT2D eigenvalue weighted by atomic mass is 16.5. The molecule has 0 bridgehead atoms. The number of aliphatic hydroxyl groups is 1. The average Bonchev–Trinajstić information content (AvgIpc) is 2.40. The van der Waals surface area contributed by atoms with Gasteiger partial charge in [-0.2, -0.15) is 0 Å². The lowest BCUT2D eigenvalue weighted by Gasteiger charge is -2.02. The van der Waals surface area contributed by atoms with Crippen LogP contribution in [0.1, 0.15) is 39.7 Å². The standard InChI is InChI=1S/C10H14O.C5H12O/c1-3-9-5-7-10(8-6-9)11-4-2;1-3-5(2)4-6/h5-8H,3-4H2,1-2H3;5-6H,3-4H2,1-2H3. The van der Waals surface area contributed by atoms with Crippen LogP contribution in [0.2, 0.25) is 0 Å². The molecule has 1 unspecified atom stereocenters. The molecule has 2 heteroatoms. The van der Waals surface area contributed by atoms with Gasteiger partial charge in [0.15, 0.2) is 0 Å². The molecule has 1 atom stereocenters. The number of benzene rings is 1. The van der Waals surface area contributed by atoms with E-state index in [1.54, 1.807) is 0 Å². The second-order valence-corrected chi connectivity index (χ2v) is 4.13. The van der Waals surface area contributed by atoms with Crippen LogP contribution in [0.3, 0.4) is 0 Å². The molecule has 0 heterocycles. The molecule has 0 amide bonds. The fraction of sp³-hybridized carbons (Fsp3) is 0.600. The van der Waals surface area contributed by atoms with Gasteiger partial charge in [-0.05, 0) is 37.0 Å². The molecule has 1 N–H and O–H groups in total. The first-order chi connectivity index (χ1) is 8.17. The summed E-state index contributed by atoms with van der Waals surface area (Å²) in [5, 5.41) is 8.33. The SMILES string of the molecule is CCC(C)CO.CCOc1ccc(CC)cc1. The van der Waals surface area contributed by atoms with E-state index >= 15 is 0 Å². The zero-order valence-corrected chi connectivity index (χ0v) is 11.6. The maximum atomic E-state index is 8.33. The van der Waals surface area contributed by atoms with Crippen LogP contribution in [0.25, 0.3) is 0 Å². The second-order valence-electron chi connectivity index (χ2n) is 4.13. The Hall–Kier alpha value is -1.02. The molecule has 0 aliphatic heterocycles. The van der Waals surface area contributed by atoms with Crippen molar-refractivity contribution >= 4 is 0 Å². The molecule has 0 spiro atoms. The van der Waals surface area contributed by atoms with E-state index in [4.69, 9.17) is 9.84 Å². The van der Waals surface area contributed by atoms with E-state index in [2.05, 4.69) is 26.0 Å². The van der Waals surface area contributed by atoms with E-state index in [1.165, 1.54) is 5.56 Å². The normalized spacial score (nSPS) is 11.4. The summed E-state index contributed by atoms with van der Waals surface area (Å²) >= 11 is 0. The Morgan fingerprint density at radius 3 is 2.00 bits per heavy atom. The third kappa shape index (κ3) is 7.81. The zero-order valence-electron chi connectivity index (χ0n) is 11.6. The van der Waals surface area contributed by atoms with Crippen molar-refractivity contribution < 1.29 is 9.84 Å². The van der Waals surface area contributed by atoms with Crippen LogP contribution in [0.4, 0.5) is 0 Å². The number of aliphatic hydroxyl groups excluding tert-OH is 1. The topological polar surface area (TPSA) is 29.5 Å². The second kappa shape index (κ2) is 10.2. The molecule has 0 aliphatic carbocycles. The van der Waals surface area contributed by atoms with Crippen molar-refractivity contribution in [3.63, 3.8) is 0 Å². The first-order valence-corrected chi connectivity index (χ1v) is 6.50. The quantitative estimate of drug-likeness (QED) is 0.848. The Kier molecular flexibility index (Phi) is 9.55. The molecule has 1 rings (SSSR count). The highest BCUT2D eigenvalue weighted by Gasteiger charge is 1.91. The summed E-state index contributed by atoms with van der Waals surface area (Å²) in [7, 11) is 0. The summed E-state index contributed by atoms with van der Waals surface area (Å²) in [6.07, 6.45) is 2.17. The van der Waals surface area contributed by atoms with Crippen molar-refractivity contribution in [1.82, 2.24) is 0 Å². The first kappa shape index (κ1) is 16.0. The van der Waals surface area contributed by atoms with Gasteiger partial charge in [-0.3, -0.25) is 0 Å². The molecule has 0 saturated carbocycles. The molecular formula is C15H26O2. The summed E-state index contributed by atoms with van der Waals surface area (Å²) < 4.78 is 5.31. The van der Waals surface area contributed by atoms with E-state index in [-0.39, 0.29) is 0 Å². The minimum absolute atomic E-state index is 0.330. The van der Waals surface area contributed by atoms with Crippen molar-refractivity contribution in [2.24, 2.45) is 5.92 Å². The van der Waals surface area contributed by atoms with Gasteiger partial charge in [0.05, 0.1) is 6.61 Å². The van der Waals surface area contributed by atoms with E-state index in [0.29, 0.717) is 12.5 Å². The fourth-order valence-corrected chi connectivity index (χ4v) is 1.12. The number of hydrogen-bond acceptors (Lipinski definition) is 2. The van der Waals surface area contributed by atoms with Gasteiger partial charge in [-0.25, -0.2) is 0 Å². The van der Waals surface area contributed by atoms with Gasteiger partial charge in [0.25, 0.3) is 0 Å². The lowest BCUT2D eigenvalue weighted by Crippen LogP contribution is -1.96. The highest BCUT2D eigenvalue weighted by molar-refractivity contribution is 5.27. The van der Waals surface area contributed by atoms with E-state index in [9.17, 15) is 0 Å². The van der Waals surface area contributed by atoms with Crippen LogP contribution in [0.15, 0.2) is 24.3 Å². The lowest BCUT2D eigenvalue weighted by molar-refractivity contribution is 0.234. The zero-order chi connectivity index (χ0) is 13.1. The Morgan fingerprint density at radius 2 is 1.71 bits per heavy atom. The maximum Gasteiger partial charge on any atom is 0.119 e. The Bertz CT molecular complexity index is 263. The van der Waals surface area contributed by atoms with Crippen molar-refractivity contribution in [2.75, 3.05) is 13.2 Å². The molecule has 17 heavy (non-hydrogen) atoms. The average molecular weight is 238 g/mol. The lowest BCUT2D eigenvalue weighted by atomic mass is 10.1. The van der Waals surface area contributed by atoms with Crippen LogP contribution in [0, 0.1) is 5.92 Å². The van der Waals surface area contributed by atoms with Gasteiger partial charge in [-0.15, -0.1) is 0 Å². The van der Waals surface area contributed by atoms with Crippen LogP contribution in [-0.2, 0) is 6.42 Å². The van der Waals surface area contributed by atoms with E-state index in [0.717, 1.165) is 25.2 Å². The largest absolute Gasteiger partial charge is 0.494 e. The molecule has 1 aromatic carbocycles. The molecule has 2 nitrogen and oxygen atoms in total.